The molecular weight excluding hydrogens is 1770 g/mol. The second kappa shape index (κ2) is 35.6. The molecule has 10 saturated carbocycles. The van der Waals surface area contributed by atoms with Crippen LogP contribution in [0.25, 0.3) is 0 Å². The second-order valence-corrected chi connectivity index (χ2v) is 40.4. The molecule has 15 rings (SSSR count). The SMILES string of the molecule is C=CC(=O)OCC(=O)OC1C2CC3C1OS(=O)(=O)C3(C(=O)OC)C2.C=CC(=O)OCC(=O)OC1C2CC3C1OS(=O)(=O)C3C2C#N.C=CC(=O)OCC(=O)OC1C2CC3C1OS(=O)(=O)C3C2C(=O)OC.C=CC(=O)OCC(=O)OC1C2OS(=O)(=O)C3CC1(CO)CC23CO.C=CC(=O)OCC(=O)OC1C2OS(=O)(=O)C3CC1(COC(C)=O)CC23COC(C)=O. The molecule has 46 nitrogen and oxygen atoms in total. The molecule has 51 heteroatoms. The fourth-order valence-corrected chi connectivity index (χ4v) is 31.0. The van der Waals surface area contributed by atoms with Gasteiger partial charge in [0.2, 0.25) is 0 Å². The highest BCUT2D eigenvalue weighted by Crippen LogP contribution is 2.71. The number of esters is 14. The second-order valence-electron chi connectivity index (χ2n) is 31.6. The molecule has 27 unspecified atom stereocenters. The zero-order valence-corrected chi connectivity index (χ0v) is 70.2. The summed E-state index contributed by atoms with van der Waals surface area (Å²) in [6.07, 6.45) is -3.32. The molecule has 10 aliphatic carbocycles. The highest BCUT2D eigenvalue weighted by molar-refractivity contribution is 7.89. The summed E-state index contributed by atoms with van der Waals surface area (Å²) in [5.41, 5.74) is -4.29. The number of carbonyl (C=O) groups is 14. The van der Waals surface area contributed by atoms with Gasteiger partial charge in [0.1, 0.15) is 84.8 Å². The van der Waals surface area contributed by atoms with Gasteiger partial charge in [0, 0.05) is 96.0 Å². The van der Waals surface area contributed by atoms with Crippen molar-refractivity contribution in [2.75, 3.05) is 73.7 Å². The Morgan fingerprint density at radius 1 is 0.444 bits per heavy atom. The fraction of sp³-hybridized carbons (Fsp3) is 0.658. The molecular formula is C73H85NO45S5. The van der Waals surface area contributed by atoms with Crippen LogP contribution in [0.2, 0.25) is 0 Å². The predicted molar refractivity (Wildman–Crippen MR) is 394 cm³/mol. The Bertz CT molecular complexity index is 5120. The van der Waals surface area contributed by atoms with Gasteiger partial charge in [-0.1, -0.05) is 32.9 Å². The number of nitrogens with zero attached hydrogens (tertiary/aromatic N) is 1. The summed E-state index contributed by atoms with van der Waals surface area (Å²) >= 11 is 0. The highest BCUT2D eigenvalue weighted by Gasteiger charge is 2.83. The predicted octanol–water partition coefficient (Wildman–Crippen LogP) is -3.89. The van der Waals surface area contributed by atoms with E-state index in [1.54, 1.807) is 0 Å². The minimum atomic E-state index is -4.17. The maximum Gasteiger partial charge on any atom is 0.344 e. The molecule has 0 aromatic heterocycles. The molecule has 15 aliphatic rings. The first-order chi connectivity index (χ1) is 58.1. The molecule has 2 N–H and O–H groups in total. The molecule has 0 aromatic rings. The average Bonchev–Trinajstić information content (AvgIpc) is 1.49. The average molecular weight is 1860 g/mol. The minimum Gasteiger partial charge on any atom is -0.469 e. The number of ether oxygens (including phenoxy) is 14. The zero-order chi connectivity index (χ0) is 91.5. The van der Waals surface area contributed by atoms with Gasteiger partial charge in [0.25, 0.3) is 50.6 Å². The van der Waals surface area contributed by atoms with E-state index in [0.29, 0.717) is 19.3 Å². The van der Waals surface area contributed by atoms with Crippen molar-refractivity contribution in [3.05, 3.63) is 63.3 Å². The van der Waals surface area contributed by atoms with Crippen LogP contribution in [0.15, 0.2) is 63.3 Å². The standard InChI is InChI=1S/C18H22O11S.2C14H16O9S.C14H18O9S.C13H13NO7S/c1-4-13(21)25-6-14(22)28-15-16-18(9-27-11(3)20)7-17(15,8-26-10(2)19)5-12(18)30(23,24)29-16;1-3-9(15)21-6-10(16)22-11-7-4-8-12(11)23-24(18,19)14(8,5-7)13(17)20-2;1-3-8(15)21-5-9(16)22-11-6-4-7-12(11)23-24(18,19)13(7)10(6)14(17)20-2;1-2-9(17)21-4-10(18)22-11-12-14(7-16)5-13(11,6-15)3-8(14)24(19,20)23-12;1-2-9(15)19-5-10(16)20-11-6-3-7-12(11)21-22(17,18)13(7)8(6)4-14/h4,12,15-16H,1,5-9H2,2-3H3;3,7-8,11-12H,1,4-6H2,2H3;3,6-7,10-13H,1,4-5H2,2H3;2,8,11-12,15-16H,1,3-7H2;2,6-8,11-13H,1,3,5H2. The van der Waals surface area contributed by atoms with Gasteiger partial charge in [-0.3, -0.25) is 40.1 Å². The first-order valence-corrected chi connectivity index (χ1v) is 45.0. The van der Waals surface area contributed by atoms with E-state index in [1.165, 1.54) is 21.0 Å². The summed E-state index contributed by atoms with van der Waals surface area (Å²) in [5.74, 6) is -15.2. The van der Waals surface area contributed by atoms with Crippen LogP contribution < -0.4 is 0 Å². The Morgan fingerprint density at radius 2 is 0.847 bits per heavy atom. The molecule has 5 heterocycles. The smallest absolute Gasteiger partial charge is 0.344 e. The van der Waals surface area contributed by atoms with E-state index >= 15 is 0 Å². The summed E-state index contributed by atoms with van der Waals surface area (Å²) in [5, 5.41) is 25.1. The number of hydrogen-bond donors (Lipinski definition) is 2. The third-order valence-electron chi connectivity index (χ3n) is 25.2. The molecule has 0 amide bonds. The lowest BCUT2D eigenvalue weighted by Crippen LogP contribution is -2.51. The maximum atomic E-state index is 12.6. The zero-order valence-electron chi connectivity index (χ0n) is 66.1. The number of aliphatic hydroxyl groups excluding tert-OH is 2. The molecule has 5 saturated heterocycles. The van der Waals surface area contributed by atoms with Crippen LogP contribution in [0.5, 0.6) is 0 Å². The van der Waals surface area contributed by atoms with Crippen molar-refractivity contribution in [3.8, 4) is 6.07 Å². The summed E-state index contributed by atoms with van der Waals surface area (Å²) in [7, 11) is -17.5. The van der Waals surface area contributed by atoms with E-state index in [0.717, 1.165) is 37.5 Å². The largest absolute Gasteiger partial charge is 0.469 e. The lowest BCUT2D eigenvalue weighted by atomic mass is 9.77. The number of nitriles is 1. The van der Waals surface area contributed by atoms with Crippen molar-refractivity contribution >= 4 is 134 Å². The van der Waals surface area contributed by atoms with Gasteiger partial charge in [-0.15, -0.1) is 0 Å². The fourth-order valence-electron chi connectivity index (χ4n) is 20.7. The van der Waals surface area contributed by atoms with Crippen LogP contribution in [-0.4, -0.2) is 296 Å². The van der Waals surface area contributed by atoms with Crippen molar-refractivity contribution in [3.63, 3.8) is 0 Å². The summed E-state index contributed by atoms with van der Waals surface area (Å²) in [4.78, 5) is 161. The number of hydrogen-bond acceptors (Lipinski definition) is 46. The first-order valence-electron chi connectivity index (χ1n) is 37.7. The third-order valence-corrected chi connectivity index (χ3v) is 34.4. The highest BCUT2D eigenvalue weighted by atomic mass is 32.2. The molecule has 0 aromatic carbocycles. The summed E-state index contributed by atoms with van der Waals surface area (Å²) < 4.78 is 215. The monoisotopic (exact) mass is 1860 g/mol. The molecule has 0 radical (unpaired) electrons. The molecule has 10 bridgehead atoms. The molecule has 27 atom stereocenters. The minimum absolute atomic E-state index is 0.00916. The maximum absolute atomic E-state index is 12.6. The number of fused-ring (bicyclic) bond motifs is 5. The molecule has 682 valence electrons. The Kier molecular flexibility index (Phi) is 27.2. The normalized spacial score (nSPS) is 38.1. The van der Waals surface area contributed by atoms with Gasteiger partial charge in [0.15, 0.2) is 37.8 Å². The van der Waals surface area contributed by atoms with E-state index < -0.39 is 318 Å². The number of methoxy groups -OCH3 is 2. The van der Waals surface area contributed by atoms with Gasteiger partial charge in [-0.2, -0.15) is 47.4 Å². The third kappa shape index (κ3) is 17.0. The Hall–Kier alpha value is -9.76. The van der Waals surface area contributed by atoms with Crippen LogP contribution >= 0.6 is 0 Å². The van der Waals surface area contributed by atoms with Crippen LogP contribution in [0, 0.1) is 80.3 Å². The molecule has 5 aliphatic heterocycles. The van der Waals surface area contributed by atoms with Crippen molar-refractivity contribution in [2.45, 2.75) is 152 Å². The van der Waals surface area contributed by atoms with Gasteiger partial charge in [-0.05, 0) is 51.4 Å². The van der Waals surface area contributed by atoms with Crippen molar-refractivity contribution in [2.24, 2.45) is 69.0 Å². The number of rotatable bonds is 28. The number of aliphatic hydroxyl groups is 2. The van der Waals surface area contributed by atoms with Crippen LogP contribution in [0.1, 0.15) is 65.2 Å². The van der Waals surface area contributed by atoms with Gasteiger partial charge in [-0.25, -0.2) is 47.9 Å². The van der Waals surface area contributed by atoms with E-state index in [-0.39, 0.29) is 63.1 Å². The van der Waals surface area contributed by atoms with E-state index in [1.807, 2.05) is 6.07 Å². The lowest BCUT2D eigenvalue weighted by molar-refractivity contribution is -0.176. The van der Waals surface area contributed by atoms with Crippen molar-refractivity contribution in [1.82, 2.24) is 0 Å². The lowest BCUT2D eigenvalue weighted by Gasteiger charge is -2.37. The molecule has 0 spiro atoms. The van der Waals surface area contributed by atoms with Gasteiger partial charge >= 0.3 is 83.6 Å². The first kappa shape index (κ1) is 94.9. The topological polar surface area (TPSA) is 649 Å². The van der Waals surface area contributed by atoms with Crippen LogP contribution in [-0.2, 0) is 205 Å². The van der Waals surface area contributed by atoms with Crippen molar-refractivity contribution in [1.29, 1.82) is 5.26 Å². The Balaban J connectivity index is 0.000000151. The van der Waals surface area contributed by atoms with Crippen LogP contribution in [0.4, 0.5) is 0 Å². The summed E-state index contributed by atoms with van der Waals surface area (Å²) in [6.45, 7) is 13.8. The Labute approximate surface area is 706 Å². The Morgan fingerprint density at radius 3 is 1.29 bits per heavy atom. The van der Waals surface area contributed by atoms with Crippen molar-refractivity contribution < 1.29 is 207 Å². The van der Waals surface area contributed by atoms with Crippen LogP contribution in [0.3, 0.4) is 0 Å². The van der Waals surface area contributed by atoms with E-state index in [9.17, 15) is 125 Å². The number of carbonyl (C=O) groups excluding carboxylic acids is 14. The van der Waals surface area contributed by atoms with Gasteiger partial charge in [0.05, 0.1) is 61.3 Å². The van der Waals surface area contributed by atoms with Gasteiger partial charge < -0.3 is 76.5 Å². The molecule has 15 fully saturated rings. The summed E-state index contributed by atoms with van der Waals surface area (Å²) in [6, 6.07) is 1.99. The quantitative estimate of drug-likeness (QED) is 0.0327. The van der Waals surface area contributed by atoms with E-state index in [4.69, 9.17) is 58.8 Å². The molecule has 124 heavy (non-hydrogen) atoms. The van der Waals surface area contributed by atoms with E-state index in [2.05, 4.69) is 61.3 Å².